The van der Waals surface area contributed by atoms with E-state index in [1.54, 1.807) is 25.7 Å². The van der Waals surface area contributed by atoms with Gasteiger partial charge in [0.2, 0.25) is 0 Å². The Kier molecular flexibility index (Phi) is 7.64. The molecule has 1 unspecified atom stereocenters. The van der Waals surface area contributed by atoms with E-state index in [0.29, 0.717) is 6.54 Å². The molecule has 0 aromatic heterocycles. The van der Waals surface area contributed by atoms with Crippen molar-refractivity contribution in [3.05, 3.63) is 23.8 Å². The number of halogens is 2. The van der Waals surface area contributed by atoms with Crippen LogP contribution in [-0.2, 0) is 4.74 Å². The van der Waals surface area contributed by atoms with Crippen LogP contribution in [0, 0.1) is 0 Å². The number of methoxy groups -OCH3 is 1. The van der Waals surface area contributed by atoms with Crippen molar-refractivity contribution in [3.63, 3.8) is 0 Å². The van der Waals surface area contributed by atoms with Crippen molar-refractivity contribution in [1.82, 2.24) is 10.2 Å². The van der Waals surface area contributed by atoms with Gasteiger partial charge in [0.1, 0.15) is 5.60 Å². The summed E-state index contributed by atoms with van der Waals surface area (Å²) < 4.78 is 40.0. The average molecular weight is 414 g/mol. The maximum absolute atomic E-state index is 13.0. The fourth-order valence-electron chi connectivity index (χ4n) is 3.16. The van der Waals surface area contributed by atoms with E-state index in [1.165, 1.54) is 25.3 Å². The number of nitrogens with one attached hydrogen (secondary N) is 1. The average Bonchev–Trinajstić information content (AvgIpc) is 2.64. The Labute approximate surface area is 169 Å². The Hall–Kier alpha value is -2.58. The molecule has 1 fully saturated rings. The minimum atomic E-state index is -3.03. The molecule has 0 spiro atoms. The highest BCUT2D eigenvalue weighted by Crippen LogP contribution is 2.30. The first-order chi connectivity index (χ1) is 13.6. The highest BCUT2D eigenvalue weighted by atomic mass is 19.3. The molecule has 0 radical (unpaired) electrons. The molecule has 1 aliphatic rings. The SMILES string of the molecule is COc1ccc(C(=O)N2CCCCC2CNC(=O)OC(C)(C)C)cc1OC(F)F. The molecule has 7 nitrogen and oxygen atoms in total. The smallest absolute Gasteiger partial charge is 0.407 e. The summed E-state index contributed by atoms with van der Waals surface area (Å²) in [6.07, 6.45) is 1.92. The fraction of sp³-hybridized carbons (Fsp3) is 0.600. The third kappa shape index (κ3) is 6.76. The molecule has 1 saturated heterocycles. The van der Waals surface area contributed by atoms with Crippen LogP contribution in [0.2, 0.25) is 0 Å². The Balaban J connectivity index is 2.11. The van der Waals surface area contributed by atoms with E-state index in [4.69, 9.17) is 9.47 Å². The number of hydrogen-bond acceptors (Lipinski definition) is 5. The first-order valence-electron chi connectivity index (χ1n) is 9.51. The van der Waals surface area contributed by atoms with Crippen molar-refractivity contribution in [2.24, 2.45) is 0 Å². The zero-order valence-corrected chi connectivity index (χ0v) is 17.2. The molecule has 1 atom stereocenters. The number of rotatable bonds is 6. The van der Waals surface area contributed by atoms with E-state index in [9.17, 15) is 18.4 Å². The van der Waals surface area contributed by atoms with Gasteiger partial charge in [0.15, 0.2) is 11.5 Å². The Morgan fingerprint density at radius 1 is 1.24 bits per heavy atom. The Bertz CT molecular complexity index is 721. The van der Waals surface area contributed by atoms with Crippen molar-refractivity contribution >= 4 is 12.0 Å². The van der Waals surface area contributed by atoms with Gasteiger partial charge in [-0.15, -0.1) is 0 Å². The third-order valence-corrected chi connectivity index (χ3v) is 4.40. The van der Waals surface area contributed by atoms with Gasteiger partial charge in [-0.05, 0) is 58.2 Å². The van der Waals surface area contributed by atoms with Gasteiger partial charge in [0.25, 0.3) is 5.91 Å². The maximum atomic E-state index is 13.0. The molecule has 1 aromatic carbocycles. The van der Waals surface area contributed by atoms with Gasteiger partial charge in [-0.1, -0.05) is 0 Å². The molecule has 0 aliphatic carbocycles. The molecule has 162 valence electrons. The molecule has 9 heteroatoms. The highest BCUT2D eigenvalue weighted by molar-refractivity contribution is 5.95. The summed E-state index contributed by atoms with van der Waals surface area (Å²) in [7, 11) is 1.33. The van der Waals surface area contributed by atoms with Crippen LogP contribution in [0.4, 0.5) is 13.6 Å². The van der Waals surface area contributed by atoms with Crippen LogP contribution in [0.25, 0.3) is 0 Å². The highest BCUT2D eigenvalue weighted by Gasteiger charge is 2.29. The van der Waals surface area contributed by atoms with E-state index in [1.807, 2.05) is 0 Å². The van der Waals surface area contributed by atoms with Gasteiger partial charge in [0, 0.05) is 24.7 Å². The van der Waals surface area contributed by atoms with Crippen LogP contribution >= 0.6 is 0 Å². The molecule has 1 aromatic rings. The third-order valence-electron chi connectivity index (χ3n) is 4.40. The number of nitrogens with zero attached hydrogens (tertiary/aromatic N) is 1. The number of hydrogen-bond donors (Lipinski definition) is 1. The van der Waals surface area contributed by atoms with Crippen molar-refractivity contribution in [2.75, 3.05) is 20.2 Å². The number of amides is 2. The number of likely N-dealkylation sites (tertiary alicyclic amines) is 1. The van der Waals surface area contributed by atoms with Gasteiger partial charge in [0.05, 0.1) is 7.11 Å². The summed E-state index contributed by atoms with van der Waals surface area (Å²) in [5.41, 5.74) is -0.401. The predicted molar refractivity (Wildman–Crippen MR) is 103 cm³/mol. The summed E-state index contributed by atoms with van der Waals surface area (Å²) in [5.74, 6) is -0.403. The van der Waals surface area contributed by atoms with Crippen molar-refractivity contribution in [2.45, 2.75) is 58.3 Å². The zero-order valence-electron chi connectivity index (χ0n) is 17.2. The molecule has 1 aliphatic heterocycles. The molecule has 0 bridgehead atoms. The maximum Gasteiger partial charge on any atom is 0.407 e. The summed E-state index contributed by atoms with van der Waals surface area (Å²) in [5, 5.41) is 2.70. The molecule has 29 heavy (non-hydrogen) atoms. The van der Waals surface area contributed by atoms with Crippen molar-refractivity contribution < 1.29 is 32.6 Å². The Morgan fingerprint density at radius 3 is 2.59 bits per heavy atom. The number of alkyl halides is 2. The van der Waals surface area contributed by atoms with Crippen LogP contribution in [0.15, 0.2) is 18.2 Å². The lowest BCUT2D eigenvalue weighted by molar-refractivity contribution is -0.0512. The van der Waals surface area contributed by atoms with Crippen LogP contribution in [0.1, 0.15) is 50.4 Å². The van der Waals surface area contributed by atoms with Crippen molar-refractivity contribution in [1.29, 1.82) is 0 Å². The van der Waals surface area contributed by atoms with Gasteiger partial charge >= 0.3 is 12.7 Å². The zero-order chi connectivity index (χ0) is 21.6. The van der Waals surface area contributed by atoms with E-state index >= 15 is 0 Å². The normalized spacial score (nSPS) is 17.1. The molecule has 2 rings (SSSR count). The van der Waals surface area contributed by atoms with Crippen LogP contribution in [-0.4, -0.2) is 55.4 Å². The molecular formula is C20H28F2N2O5. The molecular weight excluding hydrogens is 386 g/mol. The molecule has 1 heterocycles. The number of ether oxygens (including phenoxy) is 3. The summed E-state index contributed by atoms with van der Waals surface area (Å²) in [6.45, 7) is 3.03. The lowest BCUT2D eigenvalue weighted by atomic mass is 10.0. The lowest BCUT2D eigenvalue weighted by Gasteiger charge is -2.36. The van der Waals surface area contributed by atoms with Gasteiger partial charge < -0.3 is 24.4 Å². The topological polar surface area (TPSA) is 77.1 Å². The monoisotopic (exact) mass is 414 g/mol. The van der Waals surface area contributed by atoms with Gasteiger partial charge in [-0.25, -0.2) is 4.79 Å². The molecule has 0 saturated carbocycles. The second-order valence-electron chi connectivity index (χ2n) is 7.78. The number of carbonyl (C=O) groups is 2. The lowest BCUT2D eigenvalue weighted by Crippen LogP contribution is -2.50. The first kappa shape index (κ1) is 22.7. The van der Waals surface area contributed by atoms with Gasteiger partial charge in [-0.2, -0.15) is 8.78 Å². The van der Waals surface area contributed by atoms with Crippen LogP contribution in [0.3, 0.4) is 0 Å². The first-order valence-corrected chi connectivity index (χ1v) is 9.51. The second-order valence-corrected chi connectivity index (χ2v) is 7.78. The number of carbonyl (C=O) groups excluding carboxylic acids is 2. The Morgan fingerprint density at radius 2 is 1.97 bits per heavy atom. The predicted octanol–water partition coefficient (Wildman–Crippen LogP) is 3.82. The minimum absolute atomic E-state index is 0.114. The minimum Gasteiger partial charge on any atom is -0.493 e. The largest absolute Gasteiger partial charge is 0.493 e. The summed E-state index contributed by atoms with van der Waals surface area (Å²) in [6, 6.07) is 3.96. The van der Waals surface area contributed by atoms with E-state index in [2.05, 4.69) is 10.1 Å². The van der Waals surface area contributed by atoms with E-state index in [0.717, 1.165) is 19.3 Å². The second kappa shape index (κ2) is 9.76. The van der Waals surface area contributed by atoms with E-state index in [-0.39, 0.29) is 35.6 Å². The fourth-order valence-corrected chi connectivity index (χ4v) is 3.16. The van der Waals surface area contributed by atoms with Crippen LogP contribution in [0.5, 0.6) is 11.5 Å². The number of benzene rings is 1. The number of piperidine rings is 1. The number of alkyl carbamates (subject to hydrolysis) is 1. The van der Waals surface area contributed by atoms with Crippen LogP contribution < -0.4 is 14.8 Å². The van der Waals surface area contributed by atoms with Crippen molar-refractivity contribution in [3.8, 4) is 11.5 Å². The molecule has 1 N–H and O–H groups in total. The standard InChI is InChI=1S/C20H28F2N2O5/c1-20(2,3)29-19(26)23-12-14-7-5-6-10-24(14)17(25)13-8-9-15(27-4)16(11-13)28-18(21)22/h8-9,11,14,18H,5-7,10,12H2,1-4H3,(H,23,26). The van der Waals surface area contributed by atoms with E-state index < -0.39 is 18.3 Å². The molecule has 2 amide bonds. The van der Waals surface area contributed by atoms with Gasteiger partial charge in [-0.3, -0.25) is 4.79 Å². The summed E-state index contributed by atoms with van der Waals surface area (Å²) in [4.78, 5) is 26.6. The quantitative estimate of drug-likeness (QED) is 0.766. The summed E-state index contributed by atoms with van der Waals surface area (Å²) >= 11 is 0.